The molecule has 140 valence electrons. The summed E-state index contributed by atoms with van der Waals surface area (Å²) in [5.41, 5.74) is 2.54. The zero-order valence-corrected chi connectivity index (χ0v) is 15.6. The molecule has 0 fully saturated rings. The van der Waals surface area contributed by atoms with E-state index in [-0.39, 0.29) is 17.3 Å². The van der Waals surface area contributed by atoms with Crippen molar-refractivity contribution >= 4 is 23.2 Å². The summed E-state index contributed by atoms with van der Waals surface area (Å²) in [6.45, 7) is 1.81. The van der Waals surface area contributed by atoms with Crippen molar-refractivity contribution in [2.75, 3.05) is 5.32 Å². The third-order valence-electron chi connectivity index (χ3n) is 4.25. The molecule has 2 aromatic carbocycles. The number of aryl methyl sites for hydroxylation is 1. The van der Waals surface area contributed by atoms with Crippen molar-refractivity contribution < 1.29 is 4.79 Å². The molecule has 1 amide bonds. The number of nitrogens with zero attached hydrogens (tertiary/aromatic N) is 3. The van der Waals surface area contributed by atoms with Crippen LogP contribution in [0.3, 0.4) is 0 Å². The van der Waals surface area contributed by atoms with Gasteiger partial charge in [0.25, 0.3) is 5.91 Å². The summed E-state index contributed by atoms with van der Waals surface area (Å²) in [7, 11) is 0. The fraction of sp³-hybridized carbons (Fsp3) is 0.0500. The first-order valence-electron chi connectivity index (χ1n) is 8.52. The molecule has 2 heterocycles. The Hall–Kier alpha value is -3.58. The number of aromatic nitrogens is 4. The number of nitrogens with one attached hydrogen (secondary N) is 2. The van der Waals surface area contributed by atoms with Crippen LogP contribution in [0.1, 0.15) is 16.2 Å². The summed E-state index contributed by atoms with van der Waals surface area (Å²) in [6, 6.07) is 15.9. The lowest BCUT2D eigenvalue weighted by Gasteiger charge is -2.11. The van der Waals surface area contributed by atoms with Crippen molar-refractivity contribution in [3.05, 3.63) is 93.9 Å². The SMILES string of the molecule is Cc1c[nH]c(=O)n1-c1ccccc1NC(=O)c1ccn(-c2cccc(Cl)c2)n1. The van der Waals surface area contributed by atoms with Crippen LogP contribution in [-0.2, 0) is 0 Å². The van der Waals surface area contributed by atoms with Gasteiger partial charge in [-0.15, -0.1) is 0 Å². The molecule has 28 heavy (non-hydrogen) atoms. The number of hydrogen-bond acceptors (Lipinski definition) is 3. The topological polar surface area (TPSA) is 84.7 Å². The summed E-state index contributed by atoms with van der Waals surface area (Å²) < 4.78 is 3.08. The zero-order chi connectivity index (χ0) is 19.7. The first-order chi connectivity index (χ1) is 13.5. The van der Waals surface area contributed by atoms with E-state index in [1.807, 2.05) is 19.1 Å². The van der Waals surface area contributed by atoms with E-state index < -0.39 is 0 Å². The average molecular weight is 394 g/mol. The molecule has 0 unspecified atom stereocenters. The van der Waals surface area contributed by atoms with E-state index in [0.717, 1.165) is 11.4 Å². The Morgan fingerprint density at radius 1 is 1.14 bits per heavy atom. The van der Waals surface area contributed by atoms with Crippen LogP contribution in [0.15, 0.2) is 71.8 Å². The zero-order valence-electron chi connectivity index (χ0n) is 14.9. The minimum atomic E-state index is -0.380. The Morgan fingerprint density at radius 3 is 2.71 bits per heavy atom. The van der Waals surface area contributed by atoms with Crippen molar-refractivity contribution in [3.63, 3.8) is 0 Å². The molecule has 4 rings (SSSR count). The lowest BCUT2D eigenvalue weighted by molar-refractivity contribution is 0.102. The Labute approximate surface area is 165 Å². The quantitative estimate of drug-likeness (QED) is 0.556. The summed E-state index contributed by atoms with van der Waals surface area (Å²) in [5.74, 6) is -0.380. The minimum Gasteiger partial charge on any atom is -0.319 e. The fourth-order valence-corrected chi connectivity index (χ4v) is 3.11. The predicted molar refractivity (Wildman–Crippen MR) is 108 cm³/mol. The molecule has 0 aliphatic heterocycles. The highest BCUT2D eigenvalue weighted by atomic mass is 35.5. The number of benzene rings is 2. The van der Waals surface area contributed by atoms with Gasteiger partial charge >= 0.3 is 5.69 Å². The molecule has 0 saturated carbocycles. The average Bonchev–Trinajstić information content (AvgIpc) is 3.30. The maximum atomic E-state index is 12.7. The van der Waals surface area contributed by atoms with E-state index in [0.29, 0.717) is 16.4 Å². The third kappa shape index (κ3) is 3.35. The number of carbonyl (C=O) groups excluding carboxylic acids is 1. The number of H-pyrrole nitrogens is 1. The van der Waals surface area contributed by atoms with Gasteiger partial charge in [-0.2, -0.15) is 5.10 Å². The van der Waals surface area contributed by atoms with Crippen molar-refractivity contribution in [1.82, 2.24) is 19.3 Å². The highest BCUT2D eigenvalue weighted by Crippen LogP contribution is 2.21. The summed E-state index contributed by atoms with van der Waals surface area (Å²) in [6.07, 6.45) is 3.31. The minimum absolute atomic E-state index is 0.243. The van der Waals surface area contributed by atoms with Crippen LogP contribution in [-0.4, -0.2) is 25.2 Å². The molecule has 0 aliphatic carbocycles. The van der Waals surface area contributed by atoms with Crippen LogP contribution in [0.5, 0.6) is 0 Å². The second kappa shape index (κ2) is 7.21. The fourth-order valence-electron chi connectivity index (χ4n) is 2.92. The number of halogens is 1. The van der Waals surface area contributed by atoms with Crippen LogP contribution in [0.25, 0.3) is 11.4 Å². The summed E-state index contributed by atoms with van der Waals surface area (Å²) in [5, 5.41) is 7.73. The number of anilines is 1. The van der Waals surface area contributed by atoms with Crippen LogP contribution in [0.4, 0.5) is 5.69 Å². The van der Waals surface area contributed by atoms with E-state index in [4.69, 9.17) is 11.6 Å². The normalized spacial score (nSPS) is 10.8. The molecule has 8 heteroatoms. The number of rotatable bonds is 4. The molecule has 7 nitrogen and oxygen atoms in total. The number of carbonyl (C=O) groups is 1. The molecule has 4 aromatic rings. The van der Waals surface area contributed by atoms with Crippen LogP contribution < -0.4 is 11.0 Å². The van der Waals surface area contributed by atoms with E-state index >= 15 is 0 Å². The van der Waals surface area contributed by atoms with Crippen LogP contribution >= 0.6 is 11.6 Å². The monoisotopic (exact) mass is 393 g/mol. The standard InChI is InChI=1S/C20H16ClN5O2/c1-13-12-22-20(28)26(13)18-8-3-2-7-16(18)23-19(27)17-9-10-25(24-17)15-6-4-5-14(21)11-15/h2-12H,1H3,(H,22,28)(H,23,27). The lowest BCUT2D eigenvalue weighted by Crippen LogP contribution is -2.20. The van der Waals surface area contributed by atoms with Crippen LogP contribution in [0.2, 0.25) is 5.02 Å². The largest absolute Gasteiger partial charge is 0.330 e. The number of imidazole rings is 1. The molecule has 0 bridgehead atoms. The third-order valence-corrected chi connectivity index (χ3v) is 4.48. The molecule has 2 N–H and O–H groups in total. The molecule has 0 atom stereocenters. The smallest absolute Gasteiger partial charge is 0.319 e. The summed E-state index contributed by atoms with van der Waals surface area (Å²) >= 11 is 6.01. The maximum Gasteiger partial charge on any atom is 0.330 e. The maximum absolute atomic E-state index is 12.7. The van der Waals surface area contributed by atoms with Gasteiger partial charge in [0.2, 0.25) is 0 Å². The molecular formula is C20H16ClN5O2. The van der Waals surface area contributed by atoms with Gasteiger partial charge in [-0.05, 0) is 43.3 Å². The van der Waals surface area contributed by atoms with Gasteiger partial charge in [0.05, 0.1) is 17.1 Å². The first kappa shape index (κ1) is 17.8. The van der Waals surface area contributed by atoms with Crippen LogP contribution in [0, 0.1) is 6.92 Å². The van der Waals surface area contributed by atoms with E-state index in [9.17, 15) is 9.59 Å². The Balaban J connectivity index is 1.63. The van der Waals surface area contributed by atoms with Gasteiger partial charge in [0, 0.05) is 23.1 Å². The Kier molecular flexibility index (Phi) is 4.58. The van der Waals surface area contributed by atoms with E-state index in [1.54, 1.807) is 59.5 Å². The van der Waals surface area contributed by atoms with Gasteiger partial charge in [-0.1, -0.05) is 29.8 Å². The van der Waals surface area contributed by atoms with E-state index in [2.05, 4.69) is 15.4 Å². The Morgan fingerprint density at radius 2 is 1.96 bits per heavy atom. The summed E-state index contributed by atoms with van der Waals surface area (Å²) in [4.78, 5) is 27.5. The van der Waals surface area contributed by atoms with Gasteiger partial charge in [-0.25, -0.2) is 9.48 Å². The Bertz CT molecular complexity index is 1220. The molecule has 0 saturated heterocycles. The van der Waals surface area contributed by atoms with Gasteiger partial charge in [-0.3, -0.25) is 9.36 Å². The van der Waals surface area contributed by atoms with Gasteiger partial charge in [0.1, 0.15) is 0 Å². The molecule has 2 aromatic heterocycles. The van der Waals surface area contributed by atoms with Crippen molar-refractivity contribution in [2.24, 2.45) is 0 Å². The number of amides is 1. The lowest BCUT2D eigenvalue weighted by atomic mass is 10.2. The molecular weight excluding hydrogens is 378 g/mol. The first-order valence-corrected chi connectivity index (χ1v) is 8.90. The number of para-hydroxylation sites is 2. The second-order valence-corrected chi connectivity index (χ2v) is 6.60. The second-order valence-electron chi connectivity index (χ2n) is 6.17. The highest BCUT2D eigenvalue weighted by molar-refractivity contribution is 6.30. The van der Waals surface area contributed by atoms with Crippen molar-refractivity contribution in [3.8, 4) is 11.4 Å². The van der Waals surface area contributed by atoms with Gasteiger partial charge < -0.3 is 10.3 Å². The number of aromatic amines is 1. The van der Waals surface area contributed by atoms with Crippen molar-refractivity contribution in [1.29, 1.82) is 0 Å². The highest BCUT2D eigenvalue weighted by Gasteiger charge is 2.15. The van der Waals surface area contributed by atoms with Gasteiger partial charge in [0.15, 0.2) is 5.69 Å². The van der Waals surface area contributed by atoms with E-state index in [1.165, 1.54) is 4.57 Å². The predicted octanol–water partition coefficient (Wildman–Crippen LogP) is 3.57. The molecule has 0 aliphatic rings. The molecule has 0 radical (unpaired) electrons. The molecule has 0 spiro atoms. The van der Waals surface area contributed by atoms with Crippen molar-refractivity contribution in [2.45, 2.75) is 6.92 Å². The number of hydrogen-bond donors (Lipinski definition) is 2.